The van der Waals surface area contributed by atoms with Gasteiger partial charge in [0.25, 0.3) is 0 Å². The molecule has 208 valence electrons. The first-order valence-electron chi connectivity index (χ1n) is 12.4. The van der Waals surface area contributed by atoms with Gasteiger partial charge in [0.1, 0.15) is 24.4 Å². The second-order valence-corrected chi connectivity index (χ2v) is 10.3. The summed E-state index contributed by atoms with van der Waals surface area (Å²) in [5.74, 6) is 0.502. The molecule has 10 heteroatoms. The first-order valence-corrected chi connectivity index (χ1v) is 13.0. The zero-order chi connectivity index (χ0) is 27.4. The number of hydrogen-bond acceptors (Lipinski definition) is 9. The molecule has 2 aliphatic rings. The Hall–Kier alpha value is -2.20. The minimum Gasteiger partial charge on any atom is -0.493 e. The van der Waals surface area contributed by atoms with Gasteiger partial charge in [-0.25, -0.2) is 0 Å². The lowest BCUT2D eigenvalue weighted by atomic mass is 9.66. The molecule has 9 nitrogen and oxygen atoms in total. The van der Waals surface area contributed by atoms with Crippen LogP contribution in [0.5, 0.6) is 17.2 Å². The third kappa shape index (κ3) is 6.28. The minimum absolute atomic E-state index is 0.0369. The van der Waals surface area contributed by atoms with Crippen molar-refractivity contribution in [1.29, 1.82) is 0 Å². The minimum atomic E-state index is -1.20. The van der Waals surface area contributed by atoms with Crippen LogP contribution in [-0.4, -0.2) is 81.5 Å². The van der Waals surface area contributed by atoms with Gasteiger partial charge in [0.2, 0.25) is 5.75 Å². The van der Waals surface area contributed by atoms with Gasteiger partial charge in [-0.15, -0.1) is 11.6 Å². The summed E-state index contributed by atoms with van der Waals surface area (Å²) in [6, 6.07) is 3.42. The highest BCUT2D eigenvalue weighted by molar-refractivity contribution is 6.18. The van der Waals surface area contributed by atoms with Crippen molar-refractivity contribution in [3.63, 3.8) is 0 Å². The molecule has 1 aromatic rings. The van der Waals surface area contributed by atoms with Crippen LogP contribution in [0.3, 0.4) is 0 Å². The number of alkyl halides is 1. The Labute approximate surface area is 224 Å². The first-order chi connectivity index (χ1) is 17.6. The van der Waals surface area contributed by atoms with Crippen LogP contribution in [0.15, 0.2) is 23.8 Å². The maximum Gasteiger partial charge on any atom is 0.325 e. The van der Waals surface area contributed by atoms with Crippen molar-refractivity contribution in [2.75, 3.05) is 46.2 Å². The highest BCUT2D eigenvalue weighted by Gasteiger charge is 2.67. The van der Waals surface area contributed by atoms with Crippen molar-refractivity contribution in [1.82, 2.24) is 0 Å². The molecule has 0 bridgehead atoms. The van der Waals surface area contributed by atoms with Gasteiger partial charge in [-0.2, -0.15) is 0 Å². The maximum absolute atomic E-state index is 12.9. The fourth-order valence-electron chi connectivity index (χ4n) is 5.39. The number of ether oxygens (including phenoxy) is 6. The molecule has 1 saturated carbocycles. The van der Waals surface area contributed by atoms with Crippen molar-refractivity contribution in [3.05, 3.63) is 23.8 Å². The summed E-state index contributed by atoms with van der Waals surface area (Å²) in [7, 11) is 6.13. The smallest absolute Gasteiger partial charge is 0.325 e. The molecule has 1 heterocycles. The van der Waals surface area contributed by atoms with Gasteiger partial charge in [0.05, 0.1) is 44.8 Å². The zero-order valence-electron chi connectivity index (χ0n) is 22.8. The summed E-state index contributed by atoms with van der Waals surface area (Å²) in [5.41, 5.74) is -0.0401. The summed E-state index contributed by atoms with van der Waals surface area (Å²) in [4.78, 5) is 12.9. The molecule has 37 heavy (non-hydrogen) atoms. The molecule has 1 aliphatic heterocycles. The Kier molecular flexibility index (Phi) is 9.61. The van der Waals surface area contributed by atoms with Crippen LogP contribution < -0.4 is 19.5 Å². The van der Waals surface area contributed by atoms with Gasteiger partial charge in [0.15, 0.2) is 11.5 Å². The average Bonchev–Trinajstić information content (AvgIpc) is 3.56. The standard InChI is InChI=1S/C27H40ClNO8/c1-16(2)8-9-21-26(3,37-21)25-24(35-7)18(10-11-27(25,31)15-28)36-22(30)14-29-17-12-19(32-4)23(34-6)20(13-17)33-5/h8,12-13,18,21,24-25,29,31H,9-11,14-15H2,1-7H3/t18-,21?,24-,25-,26+,27+/m1/s1. The molecule has 1 aliphatic carbocycles. The van der Waals surface area contributed by atoms with Gasteiger partial charge in [-0.3, -0.25) is 4.79 Å². The van der Waals surface area contributed by atoms with Gasteiger partial charge in [-0.05, 0) is 40.0 Å². The Balaban J connectivity index is 1.71. The molecule has 1 saturated heterocycles. The lowest BCUT2D eigenvalue weighted by Crippen LogP contribution is -2.61. The molecule has 0 amide bonds. The van der Waals surface area contributed by atoms with Crippen LogP contribution >= 0.6 is 11.6 Å². The predicted octanol–water partition coefficient (Wildman–Crippen LogP) is 3.94. The van der Waals surface area contributed by atoms with E-state index in [2.05, 4.69) is 11.4 Å². The summed E-state index contributed by atoms with van der Waals surface area (Å²) in [6.07, 6.45) is 2.43. The largest absolute Gasteiger partial charge is 0.493 e. The molecule has 6 atom stereocenters. The summed E-state index contributed by atoms with van der Waals surface area (Å²) in [6.45, 7) is 5.96. The van der Waals surface area contributed by atoms with Gasteiger partial charge in [-0.1, -0.05) is 11.6 Å². The van der Waals surface area contributed by atoms with Crippen LogP contribution in [-0.2, 0) is 19.0 Å². The van der Waals surface area contributed by atoms with E-state index in [0.29, 0.717) is 35.8 Å². The molecule has 2 N–H and O–H groups in total. The van der Waals surface area contributed by atoms with E-state index in [9.17, 15) is 9.90 Å². The van der Waals surface area contributed by atoms with Crippen LogP contribution in [0.25, 0.3) is 0 Å². The van der Waals surface area contributed by atoms with Crippen molar-refractivity contribution in [3.8, 4) is 17.2 Å². The maximum atomic E-state index is 12.9. The van der Waals surface area contributed by atoms with E-state index in [4.69, 9.17) is 40.0 Å². The van der Waals surface area contributed by atoms with Crippen molar-refractivity contribution >= 4 is 23.3 Å². The third-order valence-corrected chi connectivity index (χ3v) is 7.82. The number of allylic oxidation sites excluding steroid dienone is 1. The number of carbonyl (C=O) groups excluding carboxylic acids is 1. The van der Waals surface area contributed by atoms with Crippen LogP contribution in [0.2, 0.25) is 0 Å². The molecule has 3 rings (SSSR count). The van der Waals surface area contributed by atoms with Crippen LogP contribution in [0.4, 0.5) is 5.69 Å². The Bertz CT molecular complexity index is 958. The molecule has 2 fully saturated rings. The fourth-order valence-corrected chi connectivity index (χ4v) is 5.69. The van der Waals surface area contributed by atoms with E-state index < -0.39 is 35.3 Å². The quantitative estimate of drug-likeness (QED) is 0.176. The number of esters is 1. The summed E-state index contributed by atoms with van der Waals surface area (Å²) >= 11 is 6.27. The van der Waals surface area contributed by atoms with Crippen molar-refractivity contribution in [2.24, 2.45) is 5.92 Å². The number of methoxy groups -OCH3 is 4. The highest BCUT2D eigenvalue weighted by atomic mass is 35.5. The van der Waals surface area contributed by atoms with E-state index in [1.165, 1.54) is 26.9 Å². The number of carbonyl (C=O) groups is 1. The number of nitrogens with one attached hydrogen (secondary N) is 1. The number of rotatable bonds is 12. The van der Waals surface area contributed by atoms with Gasteiger partial charge < -0.3 is 38.8 Å². The fraction of sp³-hybridized carbons (Fsp3) is 0.667. The van der Waals surface area contributed by atoms with Crippen LogP contribution in [0.1, 0.15) is 40.0 Å². The molecular formula is C27H40ClNO8. The summed E-state index contributed by atoms with van der Waals surface area (Å²) < 4.78 is 33.9. The van der Waals surface area contributed by atoms with E-state index in [1.807, 2.05) is 20.8 Å². The molecule has 1 aromatic carbocycles. The highest BCUT2D eigenvalue weighted by Crippen LogP contribution is 2.55. The molecule has 0 aromatic heterocycles. The normalized spacial score (nSPS) is 30.7. The number of halogens is 1. The lowest BCUT2D eigenvalue weighted by Gasteiger charge is -2.48. The number of anilines is 1. The third-order valence-electron chi connectivity index (χ3n) is 7.36. The Morgan fingerprint density at radius 1 is 1.19 bits per heavy atom. The van der Waals surface area contributed by atoms with E-state index in [1.54, 1.807) is 19.2 Å². The van der Waals surface area contributed by atoms with Gasteiger partial charge >= 0.3 is 5.97 Å². The predicted molar refractivity (Wildman–Crippen MR) is 141 cm³/mol. The van der Waals surface area contributed by atoms with Gasteiger partial charge in [0, 0.05) is 24.9 Å². The molecular weight excluding hydrogens is 502 g/mol. The number of hydrogen-bond donors (Lipinski definition) is 2. The number of benzene rings is 1. The first kappa shape index (κ1) is 29.4. The number of epoxide rings is 1. The second-order valence-electron chi connectivity index (χ2n) is 10.1. The average molecular weight is 542 g/mol. The molecule has 0 radical (unpaired) electrons. The van der Waals surface area contributed by atoms with E-state index in [0.717, 1.165) is 6.42 Å². The van der Waals surface area contributed by atoms with E-state index in [-0.39, 0.29) is 18.5 Å². The Morgan fingerprint density at radius 3 is 2.35 bits per heavy atom. The SMILES string of the molecule is COc1cc(NCC(=O)O[C@@H]2CC[C@](O)(CCl)[C@@H]([C@@]3(C)OC3CC=C(C)C)[C@@H]2OC)cc(OC)c1OC. The lowest BCUT2D eigenvalue weighted by molar-refractivity contribution is -0.191. The molecule has 1 unspecified atom stereocenters. The Morgan fingerprint density at radius 2 is 1.84 bits per heavy atom. The molecule has 0 spiro atoms. The van der Waals surface area contributed by atoms with E-state index >= 15 is 0 Å². The topological polar surface area (TPSA) is 108 Å². The second kappa shape index (κ2) is 12.1. The number of aliphatic hydroxyl groups is 1. The summed E-state index contributed by atoms with van der Waals surface area (Å²) in [5, 5.41) is 14.5. The monoisotopic (exact) mass is 541 g/mol. The van der Waals surface area contributed by atoms with Crippen molar-refractivity contribution in [2.45, 2.75) is 69.5 Å². The zero-order valence-corrected chi connectivity index (χ0v) is 23.5. The van der Waals surface area contributed by atoms with Crippen LogP contribution in [0, 0.1) is 5.92 Å². The van der Waals surface area contributed by atoms with Crippen molar-refractivity contribution < 1.29 is 38.3 Å².